The normalized spacial score (nSPS) is 16.9. The van der Waals surface area contributed by atoms with E-state index < -0.39 is 0 Å². The summed E-state index contributed by atoms with van der Waals surface area (Å²) in [6.07, 6.45) is 2.14. The van der Waals surface area contributed by atoms with Gasteiger partial charge in [0.15, 0.2) is 0 Å². The van der Waals surface area contributed by atoms with Crippen LogP contribution in [0.15, 0.2) is 29.4 Å². The number of oxime groups is 1. The van der Waals surface area contributed by atoms with Gasteiger partial charge in [-0.3, -0.25) is 4.79 Å². The lowest BCUT2D eigenvalue weighted by Crippen LogP contribution is -2.30. The minimum absolute atomic E-state index is 0.0396. The zero-order chi connectivity index (χ0) is 13.7. The number of amides is 1. The molecule has 0 aliphatic carbocycles. The number of carbonyl (C=O) groups is 1. The second-order valence-corrected chi connectivity index (χ2v) is 4.58. The summed E-state index contributed by atoms with van der Waals surface area (Å²) in [4.78, 5) is 13.6. The molecule has 5 nitrogen and oxygen atoms in total. The van der Waals surface area contributed by atoms with Crippen molar-refractivity contribution in [2.24, 2.45) is 5.16 Å². The summed E-state index contributed by atoms with van der Waals surface area (Å²) < 4.78 is 0. The van der Waals surface area contributed by atoms with E-state index in [4.69, 9.17) is 5.21 Å². The van der Waals surface area contributed by atoms with Gasteiger partial charge in [0, 0.05) is 37.8 Å². The number of para-hydroxylation sites is 1. The van der Waals surface area contributed by atoms with Crippen LogP contribution in [0.1, 0.15) is 24.8 Å². The monoisotopic (exact) mass is 261 g/mol. The van der Waals surface area contributed by atoms with Crippen LogP contribution in [0.25, 0.3) is 0 Å². The highest BCUT2D eigenvalue weighted by atomic mass is 16.4. The van der Waals surface area contributed by atoms with Gasteiger partial charge in [-0.25, -0.2) is 0 Å². The van der Waals surface area contributed by atoms with Crippen LogP contribution in [0, 0.1) is 0 Å². The molecule has 0 aromatic heterocycles. The molecule has 5 heteroatoms. The van der Waals surface area contributed by atoms with E-state index in [0.29, 0.717) is 13.0 Å². The Balaban J connectivity index is 2.23. The average Bonchev–Trinajstić information content (AvgIpc) is 2.64. The molecule has 1 aromatic rings. The molecule has 0 radical (unpaired) electrons. The summed E-state index contributed by atoms with van der Waals surface area (Å²) >= 11 is 0. The van der Waals surface area contributed by atoms with Gasteiger partial charge in [-0.05, 0) is 18.9 Å². The largest absolute Gasteiger partial charge is 0.411 e. The van der Waals surface area contributed by atoms with Gasteiger partial charge in [0.05, 0.1) is 5.71 Å². The van der Waals surface area contributed by atoms with Crippen LogP contribution in [0.4, 0.5) is 5.69 Å². The Hall–Kier alpha value is -2.04. The van der Waals surface area contributed by atoms with Crippen LogP contribution in [-0.2, 0) is 4.79 Å². The Morgan fingerprint density at radius 2 is 2.26 bits per heavy atom. The van der Waals surface area contributed by atoms with Gasteiger partial charge >= 0.3 is 0 Å². The van der Waals surface area contributed by atoms with Gasteiger partial charge in [0.25, 0.3) is 0 Å². The summed E-state index contributed by atoms with van der Waals surface area (Å²) in [5, 5.41) is 15.2. The van der Waals surface area contributed by atoms with Crippen LogP contribution in [-0.4, -0.2) is 37.0 Å². The molecule has 19 heavy (non-hydrogen) atoms. The van der Waals surface area contributed by atoms with Crippen LogP contribution < -0.4 is 10.2 Å². The van der Waals surface area contributed by atoms with E-state index in [1.807, 2.05) is 24.3 Å². The van der Waals surface area contributed by atoms with Crippen LogP contribution in [0.2, 0.25) is 0 Å². The Bertz CT molecular complexity index is 485. The third-order valence-electron chi connectivity index (χ3n) is 3.41. The molecule has 0 saturated carbocycles. The van der Waals surface area contributed by atoms with Gasteiger partial charge in [-0.15, -0.1) is 0 Å². The zero-order valence-electron chi connectivity index (χ0n) is 11.1. The molecule has 2 N–H and O–H groups in total. The number of carbonyl (C=O) groups excluding carboxylic acids is 1. The number of nitrogens with zero attached hydrogens (tertiary/aromatic N) is 2. The molecule has 0 unspecified atom stereocenters. The van der Waals surface area contributed by atoms with E-state index in [0.717, 1.165) is 36.3 Å². The number of fused-ring (bicyclic) bond motifs is 1. The molecule has 1 aliphatic heterocycles. The summed E-state index contributed by atoms with van der Waals surface area (Å²) in [6.45, 7) is 1.54. The maximum absolute atomic E-state index is 11.4. The van der Waals surface area contributed by atoms with Crippen molar-refractivity contribution in [1.82, 2.24) is 5.32 Å². The van der Waals surface area contributed by atoms with Gasteiger partial charge in [-0.1, -0.05) is 23.4 Å². The van der Waals surface area contributed by atoms with E-state index in [2.05, 4.69) is 15.4 Å². The maximum atomic E-state index is 11.4. The number of rotatable bonds is 3. The number of hydrogen-bond acceptors (Lipinski definition) is 4. The lowest BCUT2D eigenvalue weighted by atomic mass is 10.1. The molecule has 0 spiro atoms. The highest BCUT2D eigenvalue weighted by Gasteiger charge is 2.19. The van der Waals surface area contributed by atoms with Gasteiger partial charge in [0.1, 0.15) is 0 Å². The molecule has 2 rings (SSSR count). The molecule has 0 atom stereocenters. The topological polar surface area (TPSA) is 64.9 Å². The summed E-state index contributed by atoms with van der Waals surface area (Å²) in [5.41, 5.74) is 2.72. The summed E-state index contributed by atoms with van der Waals surface area (Å²) in [6, 6.07) is 7.87. The predicted octanol–water partition coefficient (Wildman–Crippen LogP) is 1.60. The molecular formula is C14H19N3O2. The Labute approximate surface area is 112 Å². The number of anilines is 1. The lowest BCUT2D eigenvalue weighted by molar-refractivity contribution is -0.120. The molecule has 102 valence electrons. The fourth-order valence-corrected chi connectivity index (χ4v) is 2.38. The van der Waals surface area contributed by atoms with Gasteiger partial charge in [0.2, 0.25) is 5.91 Å². The highest BCUT2D eigenvalue weighted by molar-refractivity contribution is 6.05. The number of benzene rings is 1. The van der Waals surface area contributed by atoms with E-state index in [9.17, 15) is 4.79 Å². The van der Waals surface area contributed by atoms with Crippen molar-refractivity contribution < 1.29 is 10.0 Å². The molecular weight excluding hydrogens is 242 g/mol. The molecule has 1 aliphatic rings. The molecule has 1 heterocycles. The van der Waals surface area contributed by atoms with E-state index in [1.165, 1.54) is 0 Å². The quantitative estimate of drug-likeness (QED) is 0.641. The first-order chi connectivity index (χ1) is 9.26. The SMILES string of the molecule is CNC(=O)CCN1CCC/C(=N/O)c2ccccc21. The molecule has 0 saturated heterocycles. The van der Waals surface area contributed by atoms with E-state index in [-0.39, 0.29) is 5.91 Å². The van der Waals surface area contributed by atoms with Crippen molar-refractivity contribution in [2.75, 3.05) is 25.0 Å². The smallest absolute Gasteiger partial charge is 0.221 e. The standard InChI is InChI=1S/C14H19N3O2/c1-15-14(18)8-10-17-9-4-6-12(16-19)11-5-2-3-7-13(11)17/h2-3,5,7,19H,4,6,8-10H2,1H3,(H,15,18)/b16-12-. The van der Waals surface area contributed by atoms with Crippen LogP contribution >= 0.6 is 0 Å². The number of nitrogens with one attached hydrogen (secondary N) is 1. The molecule has 0 fully saturated rings. The average molecular weight is 261 g/mol. The first kappa shape index (κ1) is 13.4. The first-order valence-electron chi connectivity index (χ1n) is 6.52. The highest BCUT2D eigenvalue weighted by Crippen LogP contribution is 2.26. The van der Waals surface area contributed by atoms with Crippen molar-refractivity contribution in [3.8, 4) is 0 Å². The second kappa shape index (κ2) is 6.22. The van der Waals surface area contributed by atoms with Crippen molar-refractivity contribution in [2.45, 2.75) is 19.3 Å². The van der Waals surface area contributed by atoms with Crippen molar-refractivity contribution in [3.05, 3.63) is 29.8 Å². The van der Waals surface area contributed by atoms with Gasteiger partial charge < -0.3 is 15.4 Å². The minimum Gasteiger partial charge on any atom is -0.411 e. The maximum Gasteiger partial charge on any atom is 0.221 e. The van der Waals surface area contributed by atoms with Crippen LogP contribution in [0.5, 0.6) is 0 Å². The zero-order valence-corrected chi connectivity index (χ0v) is 11.1. The summed E-state index contributed by atoms with van der Waals surface area (Å²) in [5.74, 6) is 0.0396. The molecule has 1 amide bonds. The predicted molar refractivity (Wildman–Crippen MR) is 74.9 cm³/mol. The number of hydrogen-bond donors (Lipinski definition) is 2. The van der Waals surface area contributed by atoms with Crippen LogP contribution in [0.3, 0.4) is 0 Å². The Morgan fingerprint density at radius 1 is 1.47 bits per heavy atom. The Kier molecular flexibility index (Phi) is 4.39. The van der Waals surface area contributed by atoms with Crippen molar-refractivity contribution >= 4 is 17.3 Å². The third-order valence-corrected chi connectivity index (χ3v) is 3.41. The van der Waals surface area contributed by atoms with Crippen molar-refractivity contribution in [1.29, 1.82) is 0 Å². The van der Waals surface area contributed by atoms with E-state index in [1.54, 1.807) is 7.05 Å². The lowest BCUT2D eigenvalue weighted by Gasteiger charge is -2.24. The Morgan fingerprint density at radius 3 is 3.00 bits per heavy atom. The molecule has 0 bridgehead atoms. The minimum atomic E-state index is 0.0396. The first-order valence-corrected chi connectivity index (χ1v) is 6.52. The van der Waals surface area contributed by atoms with Gasteiger partial charge in [-0.2, -0.15) is 0 Å². The van der Waals surface area contributed by atoms with Crippen molar-refractivity contribution in [3.63, 3.8) is 0 Å². The fraction of sp³-hybridized carbons (Fsp3) is 0.429. The third kappa shape index (κ3) is 3.05. The van der Waals surface area contributed by atoms with E-state index >= 15 is 0 Å². The molecule has 1 aromatic carbocycles. The summed E-state index contributed by atoms with van der Waals surface area (Å²) in [7, 11) is 1.65. The second-order valence-electron chi connectivity index (χ2n) is 4.58. The fourth-order valence-electron chi connectivity index (χ4n) is 2.38.